The zero-order valence-electron chi connectivity index (χ0n) is 12.0. The van der Waals surface area contributed by atoms with E-state index in [2.05, 4.69) is 49.5 Å². The van der Waals surface area contributed by atoms with E-state index in [1.807, 2.05) is 6.33 Å². The maximum atomic E-state index is 4.31. The Hall–Kier alpha value is -0.830. The summed E-state index contributed by atoms with van der Waals surface area (Å²) in [6.07, 6.45) is 5.73. The Labute approximate surface area is 106 Å². The Balaban J connectivity index is 2.11. The molecule has 3 nitrogen and oxygen atoms in total. The number of hydrogen-bond donors (Lipinski definition) is 1. The molecule has 0 saturated heterocycles. The number of nitrogens with one attached hydrogen (secondary N) is 1. The van der Waals surface area contributed by atoms with E-state index < -0.39 is 0 Å². The molecule has 0 unspecified atom stereocenters. The molecule has 0 atom stereocenters. The van der Waals surface area contributed by atoms with Crippen molar-refractivity contribution >= 4 is 0 Å². The van der Waals surface area contributed by atoms with Crippen LogP contribution in [-0.2, 0) is 6.54 Å². The van der Waals surface area contributed by atoms with Crippen LogP contribution >= 0.6 is 0 Å². The van der Waals surface area contributed by atoms with Gasteiger partial charge in [0.1, 0.15) is 0 Å². The van der Waals surface area contributed by atoms with E-state index in [0.29, 0.717) is 0 Å². The van der Waals surface area contributed by atoms with Crippen LogP contribution in [0.1, 0.15) is 51.4 Å². The number of imidazole rings is 1. The minimum Gasteiger partial charge on any atom is -0.335 e. The van der Waals surface area contributed by atoms with E-state index in [0.717, 1.165) is 18.8 Å². The fourth-order valence-corrected chi connectivity index (χ4v) is 1.82. The Morgan fingerprint density at radius 2 is 1.88 bits per heavy atom. The van der Waals surface area contributed by atoms with Gasteiger partial charge in [-0.05, 0) is 54.0 Å². The number of rotatable bonds is 6. The molecule has 0 aliphatic carbocycles. The molecule has 17 heavy (non-hydrogen) atoms. The second kappa shape index (κ2) is 6.20. The van der Waals surface area contributed by atoms with Gasteiger partial charge in [0.2, 0.25) is 0 Å². The molecule has 0 fully saturated rings. The lowest BCUT2D eigenvalue weighted by molar-refractivity contribution is 0.414. The number of hydrogen-bond acceptors (Lipinski definition) is 2. The molecule has 0 aliphatic rings. The molecule has 0 aliphatic heterocycles. The quantitative estimate of drug-likeness (QED) is 0.771. The Morgan fingerprint density at radius 3 is 2.41 bits per heavy atom. The third-order valence-electron chi connectivity index (χ3n) is 3.08. The summed E-state index contributed by atoms with van der Waals surface area (Å²) in [6.45, 7) is 13.1. The Morgan fingerprint density at radius 1 is 1.18 bits per heavy atom. The Kier molecular flexibility index (Phi) is 5.19. The first-order valence-corrected chi connectivity index (χ1v) is 6.63. The predicted octanol–water partition coefficient (Wildman–Crippen LogP) is 3.06. The molecule has 1 aromatic rings. The molecule has 0 amide bonds. The smallest absolute Gasteiger partial charge is 0.0951 e. The first kappa shape index (κ1) is 14.2. The SMILES string of the molecule is Cc1ncn(CCCCCNC(C)(C)C)c1C. The third kappa shape index (κ3) is 5.35. The standard InChI is InChI=1S/C14H27N3/c1-12-13(2)17(11-15-12)10-8-6-7-9-16-14(3,4)5/h11,16H,6-10H2,1-5H3. The summed E-state index contributed by atoms with van der Waals surface area (Å²) in [5, 5.41) is 3.52. The second-order valence-corrected chi connectivity index (χ2v) is 5.85. The number of aryl methyl sites for hydroxylation is 2. The number of unbranched alkanes of at least 4 members (excludes halogenated alkanes) is 2. The average molecular weight is 237 g/mol. The lowest BCUT2D eigenvalue weighted by Gasteiger charge is -2.20. The molecule has 0 spiro atoms. The highest BCUT2D eigenvalue weighted by Crippen LogP contribution is 2.07. The van der Waals surface area contributed by atoms with Crippen molar-refractivity contribution in [1.29, 1.82) is 0 Å². The lowest BCUT2D eigenvalue weighted by atomic mass is 10.1. The van der Waals surface area contributed by atoms with Crippen LogP contribution in [-0.4, -0.2) is 21.6 Å². The molecule has 3 heteroatoms. The first-order chi connectivity index (χ1) is 7.90. The fourth-order valence-electron chi connectivity index (χ4n) is 1.82. The van der Waals surface area contributed by atoms with E-state index in [-0.39, 0.29) is 5.54 Å². The van der Waals surface area contributed by atoms with Crippen molar-refractivity contribution in [3.8, 4) is 0 Å². The Bertz CT molecular complexity index is 334. The molecule has 1 N–H and O–H groups in total. The number of nitrogens with zero attached hydrogens (tertiary/aromatic N) is 2. The molecule has 0 aromatic carbocycles. The van der Waals surface area contributed by atoms with Crippen LogP contribution in [0.25, 0.3) is 0 Å². The van der Waals surface area contributed by atoms with Crippen LogP contribution in [0.2, 0.25) is 0 Å². The van der Waals surface area contributed by atoms with Gasteiger partial charge in [-0.1, -0.05) is 6.42 Å². The van der Waals surface area contributed by atoms with Gasteiger partial charge in [0, 0.05) is 17.8 Å². The lowest BCUT2D eigenvalue weighted by Crippen LogP contribution is -2.36. The average Bonchev–Trinajstić information content (AvgIpc) is 2.53. The van der Waals surface area contributed by atoms with Gasteiger partial charge in [-0.15, -0.1) is 0 Å². The van der Waals surface area contributed by atoms with Crippen molar-refractivity contribution in [2.75, 3.05) is 6.54 Å². The van der Waals surface area contributed by atoms with Gasteiger partial charge in [-0.25, -0.2) is 4.98 Å². The van der Waals surface area contributed by atoms with Gasteiger partial charge in [-0.2, -0.15) is 0 Å². The summed E-state index contributed by atoms with van der Waals surface area (Å²) >= 11 is 0. The van der Waals surface area contributed by atoms with Gasteiger partial charge >= 0.3 is 0 Å². The molecular weight excluding hydrogens is 210 g/mol. The maximum absolute atomic E-state index is 4.31. The largest absolute Gasteiger partial charge is 0.335 e. The van der Waals surface area contributed by atoms with E-state index in [4.69, 9.17) is 0 Å². The molecule has 0 bridgehead atoms. The van der Waals surface area contributed by atoms with Crippen LogP contribution < -0.4 is 5.32 Å². The van der Waals surface area contributed by atoms with Crippen molar-refractivity contribution in [3.05, 3.63) is 17.7 Å². The summed E-state index contributed by atoms with van der Waals surface area (Å²) in [4.78, 5) is 4.31. The van der Waals surface area contributed by atoms with Gasteiger partial charge in [0.15, 0.2) is 0 Å². The normalized spacial score (nSPS) is 12.1. The fraction of sp³-hybridized carbons (Fsp3) is 0.786. The second-order valence-electron chi connectivity index (χ2n) is 5.85. The summed E-state index contributed by atoms with van der Waals surface area (Å²) < 4.78 is 2.26. The van der Waals surface area contributed by atoms with Crippen LogP contribution in [0.4, 0.5) is 0 Å². The minimum absolute atomic E-state index is 0.248. The van der Waals surface area contributed by atoms with Gasteiger partial charge in [0.25, 0.3) is 0 Å². The molecule has 1 rings (SSSR count). The molecule has 1 aromatic heterocycles. The van der Waals surface area contributed by atoms with E-state index in [1.54, 1.807) is 0 Å². The molecule has 1 heterocycles. The van der Waals surface area contributed by atoms with Gasteiger partial charge in [-0.3, -0.25) is 0 Å². The minimum atomic E-state index is 0.248. The zero-order valence-corrected chi connectivity index (χ0v) is 12.0. The summed E-state index contributed by atoms with van der Waals surface area (Å²) in [5.74, 6) is 0. The van der Waals surface area contributed by atoms with Crippen molar-refractivity contribution in [1.82, 2.24) is 14.9 Å². The van der Waals surface area contributed by atoms with E-state index in [1.165, 1.54) is 25.0 Å². The zero-order chi connectivity index (χ0) is 12.9. The van der Waals surface area contributed by atoms with Gasteiger partial charge in [0.05, 0.1) is 12.0 Å². The topological polar surface area (TPSA) is 29.9 Å². The monoisotopic (exact) mass is 237 g/mol. The summed E-state index contributed by atoms with van der Waals surface area (Å²) in [6, 6.07) is 0. The van der Waals surface area contributed by atoms with Crippen LogP contribution in [0.15, 0.2) is 6.33 Å². The van der Waals surface area contributed by atoms with E-state index in [9.17, 15) is 0 Å². The summed E-state index contributed by atoms with van der Waals surface area (Å²) in [5.41, 5.74) is 2.70. The highest BCUT2D eigenvalue weighted by Gasteiger charge is 2.07. The van der Waals surface area contributed by atoms with Crippen LogP contribution in [0.5, 0.6) is 0 Å². The first-order valence-electron chi connectivity index (χ1n) is 6.63. The van der Waals surface area contributed by atoms with Gasteiger partial charge < -0.3 is 9.88 Å². The van der Waals surface area contributed by atoms with Crippen LogP contribution in [0.3, 0.4) is 0 Å². The predicted molar refractivity (Wildman–Crippen MR) is 73.3 cm³/mol. The third-order valence-corrected chi connectivity index (χ3v) is 3.08. The van der Waals surface area contributed by atoms with E-state index >= 15 is 0 Å². The molecule has 0 saturated carbocycles. The molecule has 98 valence electrons. The highest BCUT2D eigenvalue weighted by molar-refractivity contribution is 5.08. The van der Waals surface area contributed by atoms with Crippen LogP contribution in [0, 0.1) is 13.8 Å². The van der Waals surface area contributed by atoms with Crippen molar-refractivity contribution < 1.29 is 0 Å². The van der Waals surface area contributed by atoms with Crippen molar-refractivity contribution in [3.63, 3.8) is 0 Å². The van der Waals surface area contributed by atoms with Crippen molar-refractivity contribution in [2.45, 2.75) is 66.0 Å². The molecular formula is C14H27N3. The number of aromatic nitrogens is 2. The molecule has 0 radical (unpaired) electrons. The van der Waals surface area contributed by atoms with Crippen molar-refractivity contribution in [2.24, 2.45) is 0 Å². The highest BCUT2D eigenvalue weighted by atomic mass is 15.0. The maximum Gasteiger partial charge on any atom is 0.0951 e. The summed E-state index contributed by atoms with van der Waals surface area (Å²) in [7, 11) is 0.